The van der Waals surface area contributed by atoms with Crippen molar-refractivity contribution in [1.29, 1.82) is 0 Å². The molecule has 0 aliphatic heterocycles. The molecule has 1 heterocycles. The average molecular weight is 361 g/mol. The number of anilines is 1. The third-order valence-corrected chi connectivity index (χ3v) is 4.27. The first-order valence-electron chi connectivity index (χ1n) is 9.31. The van der Waals surface area contributed by atoms with Crippen LogP contribution in [0.1, 0.15) is 20.3 Å². The van der Waals surface area contributed by atoms with Gasteiger partial charge in [0.25, 0.3) is 0 Å². The summed E-state index contributed by atoms with van der Waals surface area (Å²) in [4.78, 5) is 14.2. The van der Waals surface area contributed by atoms with Crippen molar-refractivity contribution in [3.8, 4) is 0 Å². The van der Waals surface area contributed by atoms with Gasteiger partial charge in [-0.05, 0) is 50.2 Å². The molecule has 2 rings (SSSR count). The lowest BCUT2D eigenvalue weighted by molar-refractivity contribution is 0.160. The summed E-state index contributed by atoms with van der Waals surface area (Å²) in [5.74, 6) is 0.600. The predicted octanol–water partition coefficient (Wildman–Crippen LogP) is 3.39. The third kappa shape index (κ3) is 6.35. The molecule has 0 fully saturated rings. The van der Waals surface area contributed by atoms with E-state index in [1.807, 2.05) is 12.1 Å². The first-order valence-corrected chi connectivity index (χ1v) is 9.31. The summed E-state index contributed by atoms with van der Waals surface area (Å²) < 4.78 is 7.31. The van der Waals surface area contributed by atoms with E-state index in [2.05, 4.69) is 59.3 Å². The van der Waals surface area contributed by atoms with Gasteiger partial charge < -0.3 is 24.8 Å². The fourth-order valence-electron chi connectivity index (χ4n) is 2.92. The highest BCUT2D eigenvalue weighted by Gasteiger charge is 2.06. The first kappa shape index (κ1) is 20.3. The van der Waals surface area contributed by atoms with Crippen molar-refractivity contribution in [2.75, 3.05) is 45.7 Å². The maximum absolute atomic E-state index is 12.1. The van der Waals surface area contributed by atoms with E-state index in [1.165, 1.54) is 5.52 Å². The zero-order chi connectivity index (χ0) is 18.9. The van der Waals surface area contributed by atoms with Crippen LogP contribution in [-0.4, -0.2) is 55.9 Å². The predicted molar refractivity (Wildman–Crippen MR) is 108 cm³/mol. The van der Waals surface area contributed by atoms with Gasteiger partial charge in [-0.2, -0.15) is 0 Å². The number of hydrogen-bond acceptors (Lipinski definition) is 3. The number of nitrogens with zero attached hydrogens (tertiary/aromatic N) is 2. The Morgan fingerprint density at radius 1 is 1.27 bits per heavy atom. The third-order valence-electron chi connectivity index (χ3n) is 4.27. The summed E-state index contributed by atoms with van der Waals surface area (Å²) in [5, 5.41) is 6.96. The van der Waals surface area contributed by atoms with E-state index < -0.39 is 0 Å². The molecule has 2 amide bonds. The first-order chi connectivity index (χ1) is 12.5. The fourth-order valence-corrected chi connectivity index (χ4v) is 2.92. The Balaban J connectivity index is 1.78. The molecule has 0 saturated carbocycles. The second-order valence-electron chi connectivity index (χ2n) is 7.17. The van der Waals surface area contributed by atoms with Crippen molar-refractivity contribution in [3.05, 3.63) is 30.5 Å². The Kier molecular flexibility index (Phi) is 7.94. The summed E-state index contributed by atoms with van der Waals surface area (Å²) in [6, 6.07) is 7.97. The minimum atomic E-state index is -0.162. The number of carbonyl (C=O) groups is 1. The van der Waals surface area contributed by atoms with E-state index in [0.717, 1.165) is 43.7 Å². The number of amides is 2. The van der Waals surface area contributed by atoms with Gasteiger partial charge in [0.05, 0.1) is 6.61 Å². The van der Waals surface area contributed by atoms with Crippen molar-refractivity contribution in [2.45, 2.75) is 26.8 Å². The molecule has 0 saturated heterocycles. The highest BCUT2D eigenvalue weighted by atomic mass is 16.5. The Hall–Kier alpha value is -2.05. The average Bonchev–Trinajstić information content (AvgIpc) is 2.98. The van der Waals surface area contributed by atoms with Crippen LogP contribution in [0.2, 0.25) is 0 Å². The Morgan fingerprint density at radius 2 is 2.08 bits per heavy atom. The van der Waals surface area contributed by atoms with Gasteiger partial charge in [-0.15, -0.1) is 0 Å². The standard InChI is InChI=1S/C20H32N4O2/c1-16(2)15-24-11-8-17-14-18(6-7-19(17)24)22-20(25)21-9-5-10-23(3)12-13-26-4/h6-8,11,14,16H,5,9-10,12-13,15H2,1-4H3,(H2,21,22,25). The minimum Gasteiger partial charge on any atom is -0.383 e. The van der Waals surface area contributed by atoms with Gasteiger partial charge in [0, 0.05) is 49.5 Å². The SMILES string of the molecule is COCCN(C)CCCNC(=O)Nc1ccc2c(ccn2CC(C)C)c1. The molecule has 0 unspecified atom stereocenters. The molecule has 0 radical (unpaired) electrons. The van der Waals surface area contributed by atoms with Gasteiger partial charge in [0.15, 0.2) is 0 Å². The number of methoxy groups -OCH3 is 1. The monoisotopic (exact) mass is 360 g/mol. The summed E-state index contributed by atoms with van der Waals surface area (Å²) in [6.07, 6.45) is 3.01. The molecular weight excluding hydrogens is 328 g/mol. The van der Waals surface area contributed by atoms with Crippen LogP contribution in [0.4, 0.5) is 10.5 Å². The van der Waals surface area contributed by atoms with Crippen molar-refractivity contribution >= 4 is 22.6 Å². The summed E-state index contributed by atoms with van der Waals surface area (Å²) >= 11 is 0. The fraction of sp³-hybridized carbons (Fsp3) is 0.550. The van der Waals surface area contributed by atoms with E-state index in [-0.39, 0.29) is 6.03 Å². The van der Waals surface area contributed by atoms with E-state index in [4.69, 9.17) is 4.74 Å². The largest absolute Gasteiger partial charge is 0.383 e. The molecule has 0 atom stereocenters. The summed E-state index contributed by atoms with van der Waals surface area (Å²) in [6.45, 7) is 8.62. The van der Waals surface area contributed by atoms with Crippen LogP contribution in [0, 0.1) is 5.92 Å². The van der Waals surface area contributed by atoms with Gasteiger partial charge in [-0.25, -0.2) is 4.79 Å². The second kappa shape index (κ2) is 10.2. The number of urea groups is 1. The zero-order valence-electron chi connectivity index (χ0n) is 16.4. The number of aromatic nitrogens is 1. The van der Waals surface area contributed by atoms with Crippen molar-refractivity contribution < 1.29 is 9.53 Å². The van der Waals surface area contributed by atoms with Crippen molar-refractivity contribution in [2.24, 2.45) is 5.92 Å². The zero-order valence-corrected chi connectivity index (χ0v) is 16.4. The lowest BCUT2D eigenvalue weighted by Gasteiger charge is -2.16. The highest BCUT2D eigenvalue weighted by Crippen LogP contribution is 2.21. The van der Waals surface area contributed by atoms with Gasteiger partial charge in [0.1, 0.15) is 0 Å². The smallest absolute Gasteiger partial charge is 0.319 e. The number of nitrogens with one attached hydrogen (secondary N) is 2. The maximum Gasteiger partial charge on any atom is 0.319 e. The van der Waals surface area contributed by atoms with E-state index >= 15 is 0 Å². The highest BCUT2D eigenvalue weighted by molar-refractivity contribution is 5.92. The maximum atomic E-state index is 12.1. The van der Waals surface area contributed by atoms with Crippen LogP contribution in [0.3, 0.4) is 0 Å². The number of carbonyl (C=O) groups excluding carboxylic acids is 1. The van der Waals surface area contributed by atoms with Gasteiger partial charge >= 0.3 is 6.03 Å². The number of hydrogen-bond donors (Lipinski definition) is 2. The number of fused-ring (bicyclic) bond motifs is 1. The number of ether oxygens (including phenoxy) is 1. The van der Waals surface area contributed by atoms with E-state index in [1.54, 1.807) is 7.11 Å². The van der Waals surface area contributed by atoms with Crippen LogP contribution < -0.4 is 10.6 Å². The molecule has 2 aromatic rings. The van der Waals surface area contributed by atoms with Crippen LogP contribution in [-0.2, 0) is 11.3 Å². The van der Waals surface area contributed by atoms with Gasteiger partial charge in [-0.1, -0.05) is 13.8 Å². The Morgan fingerprint density at radius 3 is 2.81 bits per heavy atom. The molecule has 144 valence electrons. The minimum absolute atomic E-state index is 0.162. The number of benzene rings is 1. The summed E-state index contributed by atoms with van der Waals surface area (Å²) in [5.41, 5.74) is 2.01. The molecule has 0 spiro atoms. The quantitative estimate of drug-likeness (QED) is 0.639. The molecule has 6 heteroatoms. The lowest BCUT2D eigenvalue weighted by atomic mass is 10.2. The molecule has 26 heavy (non-hydrogen) atoms. The summed E-state index contributed by atoms with van der Waals surface area (Å²) in [7, 11) is 3.76. The van der Waals surface area contributed by atoms with Gasteiger partial charge in [0.2, 0.25) is 0 Å². The molecule has 0 bridgehead atoms. The molecule has 6 nitrogen and oxygen atoms in total. The topological polar surface area (TPSA) is 58.5 Å². The molecule has 0 aliphatic carbocycles. The Labute approximate surface area is 156 Å². The van der Waals surface area contributed by atoms with Gasteiger partial charge in [-0.3, -0.25) is 0 Å². The molecule has 1 aromatic carbocycles. The molecular formula is C20H32N4O2. The van der Waals surface area contributed by atoms with Crippen LogP contribution >= 0.6 is 0 Å². The van der Waals surface area contributed by atoms with Crippen molar-refractivity contribution in [1.82, 2.24) is 14.8 Å². The van der Waals surface area contributed by atoms with E-state index in [0.29, 0.717) is 12.5 Å². The molecule has 2 N–H and O–H groups in total. The molecule has 0 aliphatic rings. The number of rotatable bonds is 10. The van der Waals surface area contributed by atoms with E-state index in [9.17, 15) is 4.79 Å². The molecule has 1 aromatic heterocycles. The van der Waals surface area contributed by atoms with Crippen LogP contribution in [0.5, 0.6) is 0 Å². The van der Waals surface area contributed by atoms with Crippen LogP contribution in [0.25, 0.3) is 10.9 Å². The van der Waals surface area contributed by atoms with Crippen molar-refractivity contribution in [3.63, 3.8) is 0 Å². The normalized spacial score (nSPS) is 11.5. The number of likely N-dealkylation sites (N-methyl/N-ethyl adjacent to an activating group) is 1. The van der Waals surface area contributed by atoms with Crippen LogP contribution in [0.15, 0.2) is 30.5 Å². The second-order valence-corrected chi connectivity index (χ2v) is 7.17. The Bertz CT molecular complexity index is 696. The lowest BCUT2D eigenvalue weighted by Crippen LogP contribution is -2.32.